The minimum atomic E-state index is -0.569. The van der Waals surface area contributed by atoms with Gasteiger partial charge >= 0.3 is 0 Å². The van der Waals surface area contributed by atoms with Crippen molar-refractivity contribution in [1.29, 1.82) is 5.26 Å². The summed E-state index contributed by atoms with van der Waals surface area (Å²) < 4.78 is 13.0. The lowest BCUT2D eigenvalue weighted by Crippen LogP contribution is -2.22. The van der Waals surface area contributed by atoms with Crippen LogP contribution in [-0.4, -0.2) is 22.0 Å². The standard InChI is InChI=1S/C26H20N4O3/c1-32-21-14-17(12-13-20(21)31)22-19(15-27)25(28)33-26-23(22)24(16-8-4-2-5-9-16)29-30(26)18-10-6-3-7-11-18/h2-14,22,31H,28H2,1H3/t22-/m0/s1. The monoisotopic (exact) mass is 436 g/mol. The zero-order chi connectivity index (χ0) is 22.9. The van der Waals surface area contributed by atoms with Crippen LogP contribution in [0.4, 0.5) is 0 Å². The molecular weight excluding hydrogens is 416 g/mol. The number of allylic oxidation sites excluding steroid dienone is 1. The lowest BCUT2D eigenvalue weighted by Gasteiger charge is -2.25. The second kappa shape index (κ2) is 8.09. The van der Waals surface area contributed by atoms with Gasteiger partial charge in [0.2, 0.25) is 11.8 Å². The third kappa shape index (κ3) is 3.34. The predicted molar refractivity (Wildman–Crippen MR) is 123 cm³/mol. The number of para-hydroxylation sites is 1. The summed E-state index contributed by atoms with van der Waals surface area (Å²) >= 11 is 0. The molecule has 0 fully saturated rings. The summed E-state index contributed by atoms with van der Waals surface area (Å²) in [5.74, 6) is 0.189. The molecule has 1 aliphatic heterocycles. The fraction of sp³-hybridized carbons (Fsp3) is 0.0769. The topological polar surface area (TPSA) is 106 Å². The van der Waals surface area contributed by atoms with Crippen LogP contribution in [0.5, 0.6) is 17.4 Å². The molecule has 0 aliphatic carbocycles. The first-order valence-electron chi connectivity index (χ1n) is 10.3. The first kappa shape index (κ1) is 20.2. The Labute approximate surface area is 190 Å². The molecule has 4 aromatic rings. The normalized spacial score (nSPS) is 14.8. The molecule has 33 heavy (non-hydrogen) atoms. The number of phenolic OH excluding ortho intramolecular Hbond substituents is 1. The Hall–Kier alpha value is -4.70. The molecule has 7 heteroatoms. The average molecular weight is 436 g/mol. The molecule has 7 nitrogen and oxygen atoms in total. The molecule has 1 aliphatic rings. The van der Waals surface area contributed by atoms with E-state index in [1.807, 2.05) is 60.7 Å². The van der Waals surface area contributed by atoms with Crippen molar-refractivity contribution in [3.63, 3.8) is 0 Å². The molecule has 0 unspecified atom stereocenters. The minimum absolute atomic E-state index is 0.00672. The molecule has 3 N–H and O–H groups in total. The van der Waals surface area contributed by atoms with Crippen molar-refractivity contribution in [3.05, 3.63) is 101 Å². The number of benzene rings is 3. The predicted octanol–water partition coefficient (Wildman–Crippen LogP) is 4.47. The zero-order valence-electron chi connectivity index (χ0n) is 17.8. The van der Waals surface area contributed by atoms with Gasteiger partial charge in [-0.15, -0.1) is 0 Å². The lowest BCUT2D eigenvalue weighted by molar-refractivity contribution is 0.365. The van der Waals surface area contributed by atoms with Crippen molar-refractivity contribution in [2.45, 2.75) is 5.92 Å². The second-order valence-electron chi connectivity index (χ2n) is 7.54. The van der Waals surface area contributed by atoms with E-state index in [2.05, 4.69) is 6.07 Å². The van der Waals surface area contributed by atoms with E-state index in [0.29, 0.717) is 22.9 Å². The maximum Gasteiger partial charge on any atom is 0.229 e. The van der Waals surface area contributed by atoms with Gasteiger partial charge < -0.3 is 20.3 Å². The molecule has 162 valence electrons. The molecular formula is C26H20N4O3. The maximum absolute atomic E-state index is 10.1. The highest BCUT2D eigenvalue weighted by Crippen LogP contribution is 2.48. The highest BCUT2D eigenvalue weighted by Gasteiger charge is 2.38. The largest absolute Gasteiger partial charge is 0.504 e. The Balaban J connectivity index is 1.83. The van der Waals surface area contributed by atoms with Crippen LogP contribution in [0.1, 0.15) is 17.0 Å². The molecule has 0 bridgehead atoms. The van der Waals surface area contributed by atoms with Crippen molar-refractivity contribution in [2.24, 2.45) is 5.73 Å². The average Bonchev–Trinajstić information content (AvgIpc) is 3.23. The minimum Gasteiger partial charge on any atom is -0.504 e. The van der Waals surface area contributed by atoms with E-state index < -0.39 is 5.92 Å². The maximum atomic E-state index is 10.1. The van der Waals surface area contributed by atoms with Gasteiger partial charge in [0.15, 0.2) is 11.5 Å². The van der Waals surface area contributed by atoms with E-state index in [1.54, 1.807) is 16.8 Å². The highest BCUT2D eigenvalue weighted by atomic mass is 16.5. The molecule has 0 saturated heterocycles. The van der Waals surface area contributed by atoms with E-state index in [4.69, 9.17) is 20.3 Å². The number of hydrogen-bond donors (Lipinski definition) is 2. The number of nitriles is 1. The first-order chi connectivity index (χ1) is 16.1. The van der Waals surface area contributed by atoms with Crippen LogP contribution in [0.25, 0.3) is 16.9 Å². The Morgan fingerprint density at radius 1 is 1.06 bits per heavy atom. The number of rotatable bonds is 4. The van der Waals surface area contributed by atoms with Crippen molar-refractivity contribution in [2.75, 3.05) is 7.11 Å². The zero-order valence-corrected chi connectivity index (χ0v) is 17.8. The summed E-state index contributed by atoms with van der Waals surface area (Å²) in [6, 6.07) is 26.5. The number of nitrogens with two attached hydrogens (primary N) is 1. The van der Waals surface area contributed by atoms with Gasteiger partial charge in [0.1, 0.15) is 17.3 Å². The number of ether oxygens (including phenoxy) is 2. The van der Waals surface area contributed by atoms with Crippen LogP contribution in [0, 0.1) is 11.3 Å². The summed E-state index contributed by atoms with van der Waals surface area (Å²) in [6.07, 6.45) is 0. The van der Waals surface area contributed by atoms with Gasteiger partial charge in [-0.05, 0) is 29.8 Å². The van der Waals surface area contributed by atoms with E-state index in [-0.39, 0.29) is 17.2 Å². The number of hydrogen-bond acceptors (Lipinski definition) is 6. The molecule has 1 aromatic heterocycles. The van der Waals surface area contributed by atoms with Crippen molar-refractivity contribution >= 4 is 0 Å². The third-order valence-corrected chi connectivity index (χ3v) is 5.63. The molecule has 3 aromatic carbocycles. The third-order valence-electron chi connectivity index (χ3n) is 5.63. The van der Waals surface area contributed by atoms with Gasteiger partial charge in [-0.3, -0.25) is 0 Å². The molecule has 0 saturated carbocycles. The highest BCUT2D eigenvalue weighted by molar-refractivity contribution is 5.72. The molecule has 0 amide bonds. The lowest BCUT2D eigenvalue weighted by atomic mass is 9.83. The number of phenols is 1. The first-order valence-corrected chi connectivity index (χ1v) is 10.3. The fourth-order valence-corrected chi connectivity index (χ4v) is 4.10. The fourth-order valence-electron chi connectivity index (χ4n) is 4.10. The SMILES string of the molecule is COc1cc([C@H]2C(C#N)=C(N)Oc3c2c(-c2ccccc2)nn3-c2ccccc2)ccc1O. The van der Waals surface area contributed by atoms with Crippen LogP contribution < -0.4 is 15.2 Å². The van der Waals surface area contributed by atoms with Crippen molar-refractivity contribution < 1.29 is 14.6 Å². The van der Waals surface area contributed by atoms with Crippen LogP contribution in [0.15, 0.2) is 90.3 Å². The van der Waals surface area contributed by atoms with E-state index in [1.165, 1.54) is 13.2 Å². The van der Waals surface area contributed by atoms with Crippen LogP contribution >= 0.6 is 0 Å². The molecule has 0 spiro atoms. The molecule has 2 heterocycles. The van der Waals surface area contributed by atoms with Gasteiger partial charge in [0.25, 0.3) is 0 Å². The van der Waals surface area contributed by atoms with Crippen LogP contribution in [0.2, 0.25) is 0 Å². The molecule has 0 radical (unpaired) electrons. The summed E-state index contributed by atoms with van der Waals surface area (Å²) in [5.41, 5.74) is 10.3. The Kier molecular flexibility index (Phi) is 4.96. The van der Waals surface area contributed by atoms with Crippen molar-refractivity contribution in [1.82, 2.24) is 9.78 Å². The molecule has 1 atom stereocenters. The van der Waals surface area contributed by atoms with Gasteiger partial charge in [-0.2, -0.15) is 15.0 Å². The number of fused-ring (bicyclic) bond motifs is 1. The summed E-state index contributed by atoms with van der Waals surface area (Å²) in [6.45, 7) is 0. The van der Waals surface area contributed by atoms with Crippen molar-refractivity contribution in [3.8, 4) is 40.4 Å². The number of aromatic hydroxyl groups is 1. The summed E-state index contributed by atoms with van der Waals surface area (Å²) in [7, 11) is 1.48. The Morgan fingerprint density at radius 3 is 2.42 bits per heavy atom. The van der Waals surface area contributed by atoms with Crippen LogP contribution in [0.3, 0.4) is 0 Å². The Bertz CT molecular complexity index is 1400. The summed E-state index contributed by atoms with van der Waals surface area (Å²) in [4.78, 5) is 0. The smallest absolute Gasteiger partial charge is 0.229 e. The van der Waals surface area contributed by atoms with Gasteiger partial charge in [0.05, 0.1) is 24.3 Å². The van der Waals surface area contributed by atoms with E-state index >= 15 is 0 Å². The second-order valence-corrected chi connectivity index (χ2v) is 7.54. The van der Waals surface area contributed by atoms with Gasteiger partial charge in [-0.1, -0.05) is 54.6 Å². The van der Waals surface area contributed by atoms with Gasteiger partial charge in [0, 0.05) is 5.56 Å². The van der Waals surface area contributed by atoms with Crippen LogP contribution in [-0.2, 0) is 0 Å². The number of methoxy groups -OCH3 is 1. The quantitative estimate of drug-likeness (QED) is 0.489. The number of nitrogens with zero attached hydrogens (tertiary/aromatic N) is 3. The Morgan fingerprint density at radius 2 is 1.76 bits per heavy atom. The van der Waals surface area contributed by atoms with E-state index in [9.17, 15) is 10.4 Å². The van der Waals surface area contributed by atoms with Gasteiger partial charge in [-0.25, -0.2) is 0 Å². The van der Waals surface area contributed by atoms with E-state index in [0.717, 1.165) is 16.8 Å². The number of aromatic nitrogens is 2. The summed E-state index contributed by atoms with van der Waals surface area (Å²) in [5, 5.41) is 25.0. The molecule has 5 rings (SSSR count).